The van der Waals surface area contributed by atoms with E-state index >= 15 is 4.79 Å². The highest BCUT2D eigenvalue weighted by molar-refractivity contribution is 8.00. The number of halogens is 3. The first kappa shape index (κ1) is 42.8. The smallest absolute Gasteiger partial charge is 0.407 e. The molecule has 1 saturated heterocycles. The van der Waals surface area contributed by atoms with Gasteiger partial charge in [-0.25, -0.2) is 14.4 Å². The third kappa shape index (κ3) is 8.77. The normalized spacial score (nSPS) is 17.1. The first-order valence-electron chi connectivity index (χ1n) is 18.9. The molecule has 0 bridgehead atoms. The maximum atomic E-state index is 15.1. The largest absolute Gasteiger partial charge is 0.480 e. The Bertz CT molecular complexity index is 2410. The molecule has 0 aliphatic carbocycles. The molecule has 1 fully saturated rings. The van der Waals surface area contributed by atoms with Gasteiger partial charge in [-0.05, 0) is 40.0 Å². The number of carboxylic acids is 1. The van der Waals surface area contributed by atoms with E-state index in [9.17, 15) is 29.4 Å². The number of β-lactam (4-membered cyclic amide) rings is 1. The summed E-state index contributed by atoms with van der Waals surface area (Å²) in [6.45, 7) is -1.14. The lowest BCUT2D eigenvalue weighted by atomic mass is 9.76. The third-order valence-electron chi connectivity index (χ3n) is 10.4. The van der Waals surface area contributed by atoms with E-state index in [-0.39, 0.29) is 36.3 Å². The molecule has 2 aliphatic heterocycles. The number of fused-ring (bicyclic) bond motifs is 3. The van der Waals surface area contributed by atoms with Crippen molar-refractivity contribution in [3.05, 3.63) is 143 Å². The molecule has 310 valence electrons. The van der Waals surface area contributed by atoms with E-state index < -0.39 is 69.9 Å². The summed E-state index contributed by atoms with van der Waals surface area (Å²) in [7, 11) is 0. The Balaban J connectivity index is 1.16. The highest BCUT2D eigenvalue weighted by Gasteiger charge is 2.55. The van der Waals surface area contributed by atoms with Gasteiger partial charge in [0.15, 0.2) is 5.60 Å². The van der Waals surface area contributed by atoms with E-state index in [0.717, 1.165) is 21.5 Å². The number of esters is 1. The maximum absolute atomic E-state index is 15.1. The molecule has 0 spiro atoms. The molecule has 2 aliphatic rings. The molecule has 4 N–H and O–H groups in total. The molecule has 0 unspecified atom stereocenters. The summed E-state index contributed by atoms with van der Waals surface area (Å²) in [4.78, 5) is 67.2. The monoisotopic (exact) mass is 889 g/mol. The van der Waals surface area contributed by atoms with Crippen molar-refractivity contribution >= 4 is 98.0 Å². The molecule has 5 aromatic carbocycles. The van der Waals surface area contributed by atoms with Gasteiger partial charge in [-0.15, -0.1) is 11.8 Å². The second kappa shape index (κ2) is 18.1. The lowest BCUT2D eigenvalue weighted by molar-refractivity contribution is -0.158. The molecule has 5 aromatic rings. The summed E-state index contributed by atoms with van der Waals surface area (Å²) in [5.41, 5.74) is 0.636. The predicted molar refractivity (Wildman–Crippen MR) is 229 cm³/mol. The van der Waals surface area contributed by atoms with E-state index in [1.54, 1.807) is 0 Å². The number of aliphatic carboxylic acids is 1. The Morgan fingerprint density at radius 2 is 1.42 bits per heavy atom. The highest BCUT2D eigenvalue weighted by atomic mass is 35.6. The number of benzene rings is 5. The second-order valence-electron chi connectivity index (χ2n) is 14.2. The Hall–Kier alpha value is -5.31. The fourth-order valence-electron chi connectivity index (χ4n) is 7.64. The molecule has 7 rings (SSSR count). The number of hydrogen-bond acceptors (Lipinski definition) is 9. The first-order chi connectivity index (χ1) is 28.8. The van der Waals surface area contributed by atoms with Crippen molar-refractivity contribution in [2.24, 2.45) is 0 Å². The molecule has 12 nitrogen and oxygen atoms in total. The molecule has 0 radical (unpaired) electrons. The summed E-state index contributed by atoms with van der Waals surface area (Å²) in [5, 5.41) is 27.8. The van der Waals surface area contributed by atoms with E-state index in [4.69, 9.17) is 44.3 Å². The number of amides is 3. The number of alkyl carbamates (subject to hydrolysis) is 1. The lowest BCUT2D eigenvalue weighted by Gasteiger charge is -2.50. The quantitative estimate of drug-likeness (QED) is 0.0387. The molecule has 0 saturated carbocycles. The summed E-state index contributed by atoms with van der Waals surface area (Å²) in [5.74, 6) is -3.17. The van der Waals surface area contributed by atoms with Gasteiger partial charge >= 0.3 is 18.0 Å². The summed E-state index contributed by atoms with van der Waals surface area (Å²) in [6, 6.07) is 34.2. The predicted octanol–water partition coefficient (Wildman–Crippen LogP) is 7.19. The van der Waals surface area contributed by atoms with Gasteiger partial charge in [0, 0.05) is 28.9 Å². The molecule has 16 heteroatoms. The third-order valence-corrected chi connectivity index (χ3v) is 12.0. The van der Waals surface area contributed by atoms with E-state index in [2.05, 4.69) is 10.6 Å². The van der Waals surface area contributed by atoms with Crippen molar-refractivity contribution in [3.63, 3.8) is 0 Å². The number of carbonyl (C=O) groups is 5. The summed E-state index contributed by atoms with van der Waals surface area (Å²) in [6.07, 6.45) is -1.43. The average molecular weight is 891 g/mol. The number of rotatable bonds is 14. The van der Waals surface area contributed by atoms with Crippen LogP contribution >= 0.6 is 46.6 Å². The number of aliphatic hydroxyl groups is 1. The molecule has 3 atom stereocenters. The van der Waals surface area contributed by atoms with Crippen molar-refractivity contribution < 1.29 is 43.7 Å². The van der Waals surface area contributed by atoms with Crippen LogP contribution in [0.15, 0.2) is 127 Å². The zero-order valence-corrected chi connectivity index (χ0v) is 34.8. The summed E-state index contributed by atoms with van der Waals surface area (Å²) < 4.78 is 9.79. The first-order valence-corrected chi connectivity index (χ1v) is 21.1. The Morgan fingerprint density at radius 3 is 2.00 bits per heavy atom. The number of aliphatic hydroxyl groups excluding tert-OH is 1. The fourth-order valence-corrected chi connectivity index (χ4v) is 9.14. The lowest BCUT2D eigenvalue weighted by Crippen LogP contribution is -2.70. The van der Waals surface area contributed by atoms with Crippen LogP contribution in [0.2, 0.25) is 0 Å². The van der Waals surface area contributed by atoms with Crippen LogP contribution in [-0.2, 0) is 34.3 Å². The van der Waals surface area contributed by atoms with Crippen molar-refractivity contribution in [2.45, 2.75) is 46.1 Å². The fraction of sp³-hybridized carbons (Fsp3) is 0.250. The number of nitrogens with one attached hydrogen (secondary N) is 2. The number of thioether (sulfide) groups is 1. The van der Waals surface area contributed by atoms with Gasteiger partial charge in [0.2, 0.25) is 9.70 Å². The van der Waals surface area contributed by atoms with Crippen molar-refractivity contribution in [1.82, 2.24) is 15.5 Å². The van der Waals surface area contributed by atoms with Crippen LogP contribution in [0.1, 0.15) is 36.0 Å². The van der Waals surface area contributed by atoms with Crippen LogP contribution in [0, 0.1) is 0 Å². The van der Waals surface area contributed by atoms with E-state index in [1.165, 1.54) is 16.7 Å². The van der Waals surface area contributed by atoms with Crippen LogP contribution in [0.4, 0.5) is 4.79 Å². The van der Waals surface area contributed by atoms with Gasteiger partial charge in [-0.3, -0.25) is 14.5 Å². The topological polar surface area (TPSA) is 172 Å². The number of nitrogens with zero attached hydrogens (tertiary/aromatic N) is 1. The molecule has 60 heavy (non-hydrogen) atoms. The van der Waals surface area contributed by atoms with Crippen molar-refractivity contribution in [2.75, 3.05) is 19.0 Å². The van der Waals surface area contributed by atoms with Gasteiger partial charge in [0.25, 0.3) is 5.91 Å². The minimum absolute atomic E-state index is 0.0199. The molecule has 0 aromatic heterocycles. The minimum Gasteiger partial charge on any atom is -0.480 e. The van der Waals surface area contributed by atoms with Crippen LogP contribution in [0.5, 0.6) is 0 Å². The Morgan fingerprint density at radius 1 is 0.833 bits per heavy atom. The van der Waals surface area contributed by atoms with Gasteiger partial charge < -0.3 is 30.3 Å². The summed E-state index contributed by atoms with van der Waals surface area (Å²) >= 11 is 18.0. The zero-order chi connectivity index (χ0) is 42.6. The maximum Gasteiger partial charge on any atom is 0.407 e. The van der Waals surface area contributed by atoms with Gasteiger partial charge in [0.1, 0.15) is 29.8 Å². The highest BCUT2D eigenvalue weighted by Crippen LogP contribution is 2.48. The van der Waals surface area contributed by atoms with Crippen molar-refractivity contribution in [1.29, 1.82) is 0 Å². The van der Waals surface area contributed by atoms with Gasteiger partial charge in [-0.1, -0.05) is 150 Å². The SMILES string of the molecule is O=C(CCC[C@@H](NC(=O)OCC(Cl)(Cl)Cl)C(=O)O)N[C@@H]1C(=O)N2C(C(=O)OC(c3ccccc3)(c3cccc4ccccc34)c3cccc4ccccc34)=C(CO)CS[C@H]12. The molecular formula is C44H38Cl3N3O9S. The van der Waals surface area contributed by atoms with Crippen molar-refractivity contribution in [3.8, 4) is 0 Å². The van der Waals surface area contributed by atoms with Crippen LogP contribution in [-0.4, -0.2) is 85.2 Å². The molecule has 3 amide bonds. The standard InChI is InChI=1S/C44H38Cl3N3O9S/c45-43(46,47)25-58-42(57)48-34(40(54)55)21-10-22-35(52)49-36-38(53)50-37(28(23-51)24-60-39(36)50)41(56)59-44(29-15-2-1-3-16-29,32-19-8-13-26-11-4-6-17-30(26)32)33-20-9-14-27-12-5-7-18-31(27)33/h1-9,11-20,34,36,39,51H,10,21-25H2,(H,48,57)(H,49,52)(H,54,55)/t34-,36-,39-/m1/s1. The number of ether oxygens (including phenoxy) is 2. The van der Waals surface area contributed by atoms with Gasteiger partial charge in [-0.2, -0.15) is 0 Å². The Kier molecular flexibility index (Phi) is 12.9. The minimum atomic E-state index is -1.89. The van der Waals surface area contributed by atoms with Crippen LogP contribution < -0.4 is 10.6 Å². The zero-order valence-electron chi connectivity index (χ0n) is 31.7. The number of carboxylic acid groups (broad SMARTS) is 1. The van der Waals surface area contributed by atoms with Crippen LogP contribution in [0.25, 0.3) is 21.5 Å². The van der Waals surface area contributed by atoms with Gasteiger partial charge in [0.05, 0.1) is 6.61 Å². The number of hydrogen-bond donors (Lipinski definition) is 4. The van der Waals surface area contributed by atoms with E-state index in [1.807, 2.05) is 115 Å². The number of carbonyl (C=O) groups excluding carboxylic acids is 4. The average Bonchev–Trinajstić information content (AvgIpc) is 3.25. The second-order valence-corrected chi connectivity index (χ2v) is 17.8. The van der Waals surface area contributed by atoms with Crippen LogP contribution in [0.3, 0.4) is 0 Å². The molecular weight excluding hydrogens is 853 g/mol. The number of alkyl halides is 3. The molecule has 2 heterocycles. The Labute approximate surface area is 363 Å². The van der Waals surface area contributed by atoms with E-state index in [0.29, 0.717) is 16.7 Å².